The van der Waals surface area contributed by atoms with Gasteiger partial charge in [0.1, 0.15) is 5.82 Å². The van der Waals surface area contributed by atoms with Crippen LogP contribution in [0.3, 0.4) is 0 Å². The standard InChI is InChI=1S/C25H33N5O2.C25H33N3O2/c1-27-10-12-28(13-11-27)23-5-3-2-4-20(23)18-21-8-9-30(25(21)31)22-6-7-24(26-19-22)29-14-16-32-17-15-29;1-25(2,30)21-8-10-22(11-9-21)28-13-12-20(24(28)29)18-19-6-4-5-7-23(19)27-16-14-26(3)15-17-27/h2-7,19,21H,8-18H2,1H3;4-11,20,30H,12-18H2,1-3H3/t21-;20-/m11/s1. The summed E-state index contributed by atoms with van der Waals surface area (Å²) in [6.45, 7) is 16.7. The molecular weight excluding hydrogens is 777 g/mol. The fraction of sp³-hybridized carbons (Fsp3) is 0.500. The van der Waals surface area contributed by atoms with Gasteiger partial charge in [0.25, 0.3) is 0 Å². The predicted octanol–water partition coefficient (Wildman–Crippen LogP) is 5.53. The SMILES string of the molecule is CN1CCN(c2ccccc2C[C@H]2CCN(c3ccc(C(C)(C)O)cc3)C2=O)CC1.CN1CCN(c2ccccc2C[C@H]2CCN(c3ccc(N4CCOCC4)nc3)C2=O)CC1. The van der Waals surface area contributed by atoms with Gasteiger partial charge < -0.3 is 44.1 Å². The molecule has 12 nitrogen and oxygen atoms in total. The summed E-state index contributed by atoms with van der Waals surface area (Å²) in [4.78, 5) is 46.8. The monoisotopic (exact) mass is 843 g/mol. The third-order valence-electron chi connectivity index (χ3n) is 13.5. The first-order chi connectivity index (χ1) is 30.0. The predicted molar refractivity (Wildman–Crippen MR) is 250 cm³/mol. The summed E-state index contributed by atoms with van der Waals surface area (Å²) in [7, 11) is 4.35. The summed E-state index contributed by atoms with van der Waals surface area (Å²) in [6.07, 6.45) is 5.21. The van der Waals surface area contributed by atoms with Crippen LogP contribution in [-0.2, 0) is 32.8 Å². The van der Waals surface area contributed by atoms with Crippen LogP contribution < -0.4 is 24.5 Å². The second-order valence-corrected chi connectivity index (χ2v) is 18.3. The van der Waals surface area contributed by atoms with Crippen LogP contribution >= 0.6 is 0 Å². The van der Waals surface area contributed by atoms with Crippen molar-refractivity contribution >= 4 is 40.4 Å². The molecule has 0 unspecified atom stereocenters. The molecule has 2 amide bonds. The Morgan fingerprint density at radius 3 is 1.52 bits per heavy atom. The molecule has 5 saturated heterocycles. The summed E-state index contributed by atoms with van der Waals surface area (Å²) in [5.41, 5.74) is 6.95. The topological polar surface area (TPSA) is 99.2 Å². The number of hydrogen-bond donors (Lipinski definition) is 1. The Bertz CT molecular complexity index is 2100. The number of pyridine rings is 1. The first-order valence-corrected chi connectivity index (χ1v) is 22.8. The van der Waals surface area contributed by atoms with Crippen molar-refractivity contribution in [2.75, 3.05) is 130 Å². The summed E-state index contributed by atoms with van der Waals surface area (Å²) in [6, 6.07) is 29.0. The third-order valence-corrected chi connectivity index (χ3v) is 13.5. The summed E-state index contributed by atoms with van der Waals surface area (Å²) < 4.78 is 5.43. The van der Waals surface area contributed by atoms with Gasteiger partial charge in [0.05, 0.1) is 30.7 Å². The summed E-state index contributed by atoms with van der Waals surface area (Å²) >= 11 is 0. The zero-order valence-electron chi connectivity index (χ0n) is 37.3. The van der Waals surface area contributed by atoms with Crippen molar-refractivity contribution in [2.45, 2.75) is 45.1 Å². The van der Waals surface area contributed by atoms with E-state index in [1.54, 1.807) is 13.8 Å². The van der Waals surface area contributed by atoms with Crippen LogP contribution in [0.1, 0.15) is 43.4 Å². The number of benzene rings is 3. The number of aromatic nitrogens is 1. The zero-order valence-corrected chi connectivity index (χ0v) is 37.3. The molecule has 4 aromatic rings. The summed E-state index contributed by atoms with van der Waals surface area (Å²) in [5.74, 6) is 1.44. The molecule has 62 heavy (non-hydrogen) atoms. The molecule has 5 aliphatic heterocycles. The molecule has 1 N–H and O–H groups in total. The second-order valence-electron chi connectivity index (χ2n) is 18.3. The quantitative estimate of drug-likeness (QED) is 0.220. The highest BCUT2D eigenvalue weighted by Gasteiger charge is 2.35. The zero-order chi connectivity index (χ0) is 43.2. The highest BCUT2D eigenvalue weighted by molar-refractivity contribution is 5.98. The molecule has 0 saturated carbocycles. The molecule has 12 heteroatoms. The van der Waals surface area contributed by atoms with Crippen molar-refractivity contribution in [2.24, 2.45) is 11.8 Å². The second kappa shape index (κ2) is 19.6. The van der Waals surface area contributed by atoms with Crippen molar-refractivity contribution in [1.29, 1.82) is 0 Å². The van der Waals surface area contributed by atoms with Crippen molar-refractivity contribution < 1.29 is 19.4 Å². The van der Waals surface area contributed by atoms with Gasteiger partial charge in [0, 0.05) is 107 Å². The van der Waals surface area contributed by atoms with Gasteiger partial charge in [0.2, 0.25) is 11.8 Å². The molecule has 6 heterocycles. The number of piperazine rings is 2. The minimum absolute atomic E-state index is 0.0209. The average Bonchev–Trinajstić information content (AvgIpc) is 3.85. The van der Waals surface area contributed by atoms with Crippen LogP contribution in [0.25, 0.3) is 0 Å². The maximum absolute atomic E-state index is 13.3. The number of para-hydroxylation sites is 2. The number of hydrogen-bond acceptors (Lipinski definition) is 10. The molecule has 9 rings (SSSR count). The summed E-state index contributed by atoms with van der Waals surface area (Å²) in [5, 5.41) is 10.2. The average molecular weight is 843 g/mol. The lowest BCUT2D eigenvalue weighted by Crippen LogP contribution is -2.44. The number of ether oxygens (including phenoxy) is 1. The Morgan fingerprint density at radius 1 is 0.581 bits per heavy atom. The van der Waals surface area contributed by atoms with Crippen LogP contribution in [-0.4, -0.2) is 138 Å². The van der Waals surface area contributed by atoms with Gasteiger partial charge in [-0.25, -0.2) is 4.98 Å². The van der Waals surface area contributed by atoms with Crippen LogP contribution in [0.5, 0.6) is 0 Å². The largest absolute Gasteiger partial charge is 0.386 e. The molecule has 0 radical (unpaired) electrons. The molecule has 3 aromatic carbocycles. The van der Waals surface area contributed by atoms with Gasteiger partial charge in [-0.3, -0.25) is 9.59 Å². The van der Waals surface area contributed by atoms with E-state index < -0.39 is 5.60 Å². The number of nitrogens with zero attached hydrogens (tertiary/aromatic N) is 8. The Hall–Kier alpha value is -5.01. The van der Waals surface area contributed by atoms with Gasteiger partial charge in [-0.2, -0.15) is 0 Å². The van der Waals surface area contributed by atoms with Crippen LogP contribution in [0.2, 0.25) is 0 Å². The normalized spacial score (nSPS) is 21.7. The van der Waals surface area contributed by atoms with Crippen LogP contribution in [0.4, 0.5) is 28.6 Å². The molecule has 0 aliphatic carbocycles. The van der Waals surface area contributed by atoms with E-state index in [2.05, 4.69) is 92.1 Å². The maximum Gasteiger partial charge on any atom is 0.230 e. The minimum atomic E-state index is -0.872. The van der Waals surface area contributed by atoms with E-state index in [-0.39, 0.29) is 23.7 Å². The number of anilines is 5. The van der Waals surface area contributed by atoms with Gasteiger partial charge in [-0.15, -0.1) is 0 Å². The highest BCUT2D eigenvalue weighted by Crippen LogP contribution is 2.34. The Kier molecular flexibility index (Phi) is 13.8. The van der Waals surface area contributed by atoms with Crippen molar-refractivity contribution in [3.8, 4) is 0 Å². The Morgan fingerprint density at radius 2 is 1.05 bits per heavy atom. The number of carbonyl (C=O) groups excluding carboxylic acids is 2. The van der Waals surface area contributed by atoms with Crippen molar-refractivity contribution in [3.05, 3.63) is 108 Å². The van der Waals surface area contributed by atoms with E-state index in [4.69, 9.17) is 4.74 Å². The van der Waals surface area contributed by atoms with E-state index in [9.17, 15) is 14.7 Å². The lowest BCUT2D eigenvalue weighted by atomic mass is 9.96. The Balaban J connectivity index is 0.000000171. The fourth-order valence-electron chi connectivity index (χ4n) is 9.55. The van der Waals surface area contributed by atoms with E-state index >= 15 is 0 Å². The van der Waals surface area contributed by atoms with Gasteiger partial charge in [0.15, 0.2) is 0 Å². The molecule has 5 fully saturated rings. The van der Waals surface area contributed by atoms with Crippen LogP contribution in [0.15, 0.2) is 91.1 Å². The van der Waals surface area contributed by atoms with Gasteiger partial charge in [-0.05, 0) is 107 Å². The molecular formula is C50H66N8O4. The van der Waals surface area contributed by atoms with Gasteiger partial charge >= 0.3 is 0 Å². The lowest BCUT2D eigenvalue weighted by Gasteiger charge is -2.35. The lowest BCUT2D eigenvalue weighted by molar-refractivity contribution is -0.121. The number of likely N-dealkylation sites (N-methyl/N-ethyl adjacent to an activating group) is 2. The molecule has 1 aromatic heterocycles. The fourth-order valence-corrected chi connectivity index (χ4v) is 9.55. The smallest absolute Gasteiger partial charge is 0.230 e. The molecule has 0 bridgehead atoms. The first-order valence-electron chi connectivity index (χ1n) is 22.8. The number of aliphatic hydroxyl groups is 1. The van der Waals surface area contributed by atoms with Crippen molar-refractivity contribution in [3.63, 3.8) is 0 Å². The van der Waals surface area contributed by atoms with E-state index in [0.29, 0.717) is 0 Å². The molecule has 2 atom stereocenters. The van der Waals surface area contributed by atoms with E-state index in [1.807, 2.05) is 52.4 Å². The molecule has 0 spiro atoms. The number of rotatable bonds is 10. The maximum atomic E-state index is 13.3. The third kappa shape index (κ3) is 10.3. The molecule has 5 aliphatic rings. The molecule has 330 valence electrons. The number of amides is 2. The first kappa shape index (κ1) is 43.6. The Labute approximate surface area is 368 Å². The van der Waals surface area contributed by atoms with Crippen molar-refractivity contribution in [1.82, 2.24) is 14.8 Å². The minimum Gasteiger partial charge on any atom is -0.386 e. The van der Waals surface area contributed by atoms with E-state index in [0.717, 1.165) is 140 Å². The van der Waals surface area contributed by atoms with Crippen LogP contribution in [0, 0.1) is 11.8 Å². The van der Waals surface area contributed by atoms with E-state index in [1.165, 1.54) is 22.5 Å². The number of carbonyl (C=O) groups is 2. The van der Waals surface area contributed by atoms with Gasteiger partial charge in [-0.1, -0.05) is 48.5 Å². The highest BCUT2D eigenvalue weighted by atomic mass is 16.5. The number of morpholine rings is 1.